The van der Waals surface area contributed by atoms with Crippen molar-refractivity contribution in [3.05, 3.63) is 151 Å². The second kappa shape index (κ2) is 9.76. The molecule has 0 fully saturated rings. The Kier molecular flexibility index (Phi) is 5.61. The lowest BCUT2D eigenvalue weighted by Crippen LogP contribution is -1.99. The third kappa shape index (κ3) is 3.71. The monoisotopic (exact) mass is 537 g/mol. The molecule has 0 radical (unpaired) electrons. The van der Waals surface area contributed by atoms with Crippen LogP contribution >= 0.6 is 0 Å². The van der Waals surface area contributed by atoms with Crippen molar-refractivity contribution in [2.75, 3.05) is 5.32 Å². The van der Waals surface area contributed by atoms with E-state index in [-0.39, 0.29) is 0 Å². The normalized spacial score (nSPS) is 11.4. The molecule has 0 saturated heterocycles. The zero-order chi connectivity index (χ0) is 28.0. The van der Waals surface area contributed by atoms with E-state index < -0.39 is 0 Å². The largest absolute Gasteiger partial charge is 0.355 e. The standard InChI is InChI=1S/C39H27N3/c40-25-33-34(41-29-14-5-2-6-15-29)23-24-36-38(33)32-22-21-28-20-19-27-13-7-8-17-31(27)37(28)39(32)42(36)35-18-10-9-16-30(35)26-11-3-1-4-12-26/h1-25,40-41H. The fraction of sp³-hybridized carbons (Fsp3) is 0. The number of nitrogens with one attached hydrogen (secondary N) is 2. The van der Waals surface area contributed by atoms with Crippen LogP contribution in [0.25, 0.3) is 60.2 Å². The first-order valence-corrected chi connectivity index (χ1v) is 14.2. The Hall–Kier alpha value is -5.67. The molecular formula is C39H27N3. The van der Waals surface area contributed by atoms with E-state index in [0.717, 1.165) is 50.0 Å². The lowest BCUT2D eigenvalue weighted by atomic mass is 9.98. The zero-order valence-electron chi connectivity index (χ0n) is 22.9. The molecule has 0 atom stereocenters. The van der Waals surface area contributed by atoms with Crippen molar-refractivity contribution >= 4 is 60.9 Å². The summed E-state index contributed by atoms with van der Waals surface area (Å²) in [5.41, 5.74) is 8.46. The average Bonchev–Trinajstić information content (AvgIpc) is 3.40. The van der Waals surface area contributed by atoms with Gasteiger partial charge in [-0.2, -0.15) is 0 Å². The topological polar surface area (TPSA) is 40.8 Å². The van der Waals surface area contributed by atoms with Crippen molar-refractivity contribution in [1.82, 2.24) is 4.57 Å². The van der Waals surface area contributed by atoms with Crippen molar-refractivity contribution in [3.63, 3.8) is 0 Å². The zero-order valence-corrected chi connectivity index (χ0v) is 22.9. The first-order valence-electron chi connectivity index (χ1n) is 14.2. The van der Waals surface area contributed by atoms with Crippen LogP contribution in [-0.2, 0) is 0 Å². The number of hydrogen-bond donors (Lipinski definition) is 2. The first-order chi connectivity index (χ1) is 20.8. The Morgan fingerprint density at radius 3 is 2.07 bits per heavy atom. The van der Waals surface area contributed by atoms with Crippen molar-refractivity contribution in [2.24, 2.45) is 0 Å². The van der Waals surface area contributed by atoms with Crippen LogP contribution in [0.3, 0.4) is 0 Å². The molecule has 0 aliphatic rings. The molecule has 0 aliphatic heterocycles. The summed E-state index contributed by atoms with van der Waals surface area (Å²) in [7, 11) is 0. The summed E-state index contributed by atoms with van der Waals surface area (Å²) in [6.07, 6.45) is 1.49. The smallest absolute Gasteiger partial charge is 0.0626 e. The van der Waals surface area contributed by atoms with Gasteiger partial charge in [0.05, 0.1) is 16.7 Å². The van der Waals surface area contributed by atoms with E-state index in [2.05, 4.69) is 137 Å². The Bertz CT molecular complexity index is 2280. The van der Waals surface area contributed by atoms with Crippen LogP contribution in [0.5, 0.6) is 0 Å². The average molecular weight is 538 g/mol. The molecule has 8 rings (SSSR count). The van der Waals surface area contributed by atoms with Gasteiger partial charge in [-0.1, -0.05) is 115 Å². The van der Waals surface area contributed by atoms with Gasteiger partial charge in [-0.25, -0.2) is 0 Å². The van der Waals surface area contributed by atoms with Crippen molar-refractivity contribution in [2.45, 2.75) is 0 Å². The molecule has 0 saturated carbocycles. The Morgan fingerprint density at radius 2 is 1.24 bits per heavy atom. The number of nitrogens with zero attached hydrogens (tertiary/aromatic N) is 1. The summed E-state index contributed by atoms with van der Waals surface area (Å²) in [5, 5.41) is 19.2. The van der Waals surface area contributed by atoms with Gasteiger partial charge in [0.2, 0.25) is 0 Å². The minimum atomic E-state index is 0.872. The van der Waals surface area contributed by atoms with Crippen LogP contribution in [0.15, 0.2) is 146 Å². The van der Waals surface area contributed by atoms with E-state index in [1.165, 1.54) is 33.3 Å². The van der Waals surface area contributed by atoms with Crippen LogP contribution < -0.4 is 5.32 Å². The second-order valence-electron chi connectivity index (χ2n) is 10.6. The summed E-state index contributed by atoms with van der Waals surface area (Å²) < 4.78 is 2.42. The van der Waals surface area contributed by atoms with Gasteiger partial charge in [0.1, 0.15) is 0 Å². The van der Waals surface area contributed by atoms with Gasteiger partial charge in [0, 0.05) is 44.9 Å². The quantitative estimate of drug-likeness (QED) is 0.166. The number of fused-ring (bicyclic) bond motifs is 7. The maximum atomic E-state index is 8.62. The molecule has 0 bridgehead atoms. The lowest BCUT2D eigenvalue weighted by molar-refractivity contribution is 1.19. The van der Waals surface area contributed by atoms with E-state index in [0.29, 0.717) is 0 Å². The van der Waals surface area contributed by atoms with E-state index in [1.807, 2.05) is 18.2 Å². The van der Waals surface area contributed by atoms with E-state index in [9.17, 15) is 0 Å². The molecule has 8 aromatic rings. The van der Waals surface area contributed by atoms with Crippen LogP contribution in [0.2, 0.25) is 0 Å². The highest BCUT2D eigenvalue weighted by Crippen LogP contribution is 2.43. The third-order valence-corrected chi connectivity index (χ3v) is 8.27. The SMILES string of the molecule is N=Cc1c(Nc2ccccc2)ccc2c1c1ccc3ccc4ccccc4c3c1n2-c1ccccc1-c1ccccc1. The predicted molar refractivity (Wildman–Crippen MR) is 179 cm³/mol. The first kappa shape index (κ1) is 24.2. The molecule has 1 aromatic heterocycles. The van der Waals surface area contributed by atoms with Gasteiger partial charge < -0.3 is 15.3 Å². The van der Waals surface area contributed by atoms with E-state index >= 15 is 0 Å². The Balaban J connectivity index is 1.56. The van der Waals surface area contributed by atoms with E-state index in [1.54, 1.807) is 0 Å². The summed E-state index contributed by atoms with van der Waals surface area (Å²) >= 11 is 0. The minimum absolute atomic E-state index is 0.872. The lowest BCUT2D eigenvalue weighted by Gasteiger charge is -2.16. The Morgan fingerprint density at radius 1 is 0.548 bits per heavy atom. The maximum absolute atomic E-state index is 8.62. The maximum Gasteiger partial charge on any atom is 0.0626 e. The molecule has 7 aromatic carbocycles. The minimum Gasteiger partial charge on any atom is -0.355 e. The molecule has 0 spiro atoms. The molecule has 0 unspecified atom stereocenters. The van der Waals surface area contributed by atoms with Gasteiger partial charge in [0.25, 0.3) is 0 Å². The Labute approximate surface area is 243 Å². The molecule has 42 heavy (non-hydrogen) atoms. The number of para-hydroxylation sites is 2. The highest BCUT2D eigenvalue weighted by atomic mass is 15.0. The van der Waals surface area contributed by atoms with Crippen LogP contribution in [-0.4, -0.2) is 10.8 Å². The number of aromatic nitrogens is 1. The molecule has 0 aliphatic carbocycles. The summed E-state index contributed by atoms with van der Waals surface area (Å²) in [6.45, 7) is 0. The molecule has 3 nitrogen and oxygen atoms in total. The number of benzene rings is 7. The number of anilines is 2. The fourth-order valence-corrected chi connectivity index (χ4v) is 6.43. The van der Waals surface area contributed by atoms with Crippen molar-refractivity contribution < 1.29 is 0 Å². The van der Waals surface area contributed by atoms with Gasteiger partial charge in [-0.05, 0) is 52.1 Å². The van der Waals surface area contributed by atoms with E-state index in [4.69, 9.17) is 5.41 Å². The van der Waals surface area contributed by atoms with Crippen molar-refractivity contribution in [3.8, 4) is 16.8 Å². The van der Waals surface area contributed by atoms with Gasteiger partial charge in [-0.3, -0.25) is 0 Å². The number of rotatable bonds is 5. The highest BCUT2D eigenvalue weighted by Gasteiger charge is 2.21. The predicted octanol–water partition coefficient (Wildman–Crippen LogP) is 10.5. The fourth-order valence-electron chi connectivity index (χ4n) is 6.43. The molecule has 0 amide bonds. The molecule has 3 heteroatoms. The second-order valence-corrected chi connectivity index (χ2v) is 10.6. The summed E-state index contributed by atoms with van der Waals surface area (Å²) in [6, 6.07) is 51.2. The van der Waals surface area contributed by atoms with Gasteiger partial charge in [-0.15, -0.1) is 0 Å². The number of hydrogen-bond acceptors (Lipinski definition) is 2. The van der Waals surface area contributed by atoms with Crippen LogP contribution in [0, 0.1) is 5.41 Å². The molecule has 2 N–H and O–H groups in total. The van der Waals surface area contributed by atoms with Gasteiger partial charge in [0.15, 0.2) is 0 Å². The van der Waals surface area contributed by atoms with Crippen LogP contribution in [0.4, 0.5) is 11.4 Å². The van der Waals surface area contributed by atoms with Crippen LogP contribution in [0.1, 0.15) is 5.56 Å². The molecular weight excluding hydrogens is 510 g/mol. The third-order valence-electron chi connectivity index (χ3n) is 8.27. The summed E-state index contributed by atoms with van der Waals surface area (Å²) in [4.78, 5) is 0. The van der Waals surface area contributed by atoms with Gasteiger partial charge >= 0.3 is 0 Å². The molecule has 1 heterocycles. The van der Waals surface area contributed by atoms with Crippen molar-refractivity contribution in [1.29, 1.82) is 5.41 Å². The highest BCUT2D eigenvalue weighted by molar-refractivity contribution is 6.28. The molecule has 198 valence electrons. The summed E-state index contributed by atoms with van der Waals surface area (Å²) in [5.74, 6) is 0.